The fraction of sp³-hybridized carbons (Fsp3) is 0. The lowest BCUT2D eigenvalue weighted by molar-refractivity contribution is -0.122. The van der Waals surface area contributed by atoms with Crippen molar-refractivity contribution in [1.82, 2.24) is 5.32 Å². The molecule has 2 heterocycles. The number of hydrogen-bond acceptors (Lipinski definition) is 5. The number of hydrogen-bond donors (Lipinski definition) is 1. The minimum absolute atomic E-state index is 0.0184. The molecule has 0 radical (unpaired) electrons. The molecule has 1 aliphatic heterocycles. The normalized spacial score (nSPS) is 15.1. The van der Waals surface area contributed by atoms with Crippen molar-refractivity contribution < 1.29 is 18.8 Å². The van der Waals surface area contributed by atoms with E-state index in [4.69, 9.17) is 39.8 Å². The highest BCUT2D eigenvalue weighted by Crippen LogP contribution is 2.27. The molecular weight excluding hydrogens is 507 g/mol. The van der Waals surface area contributed by atoms with Crippen LogP contribution in [0.1, 0.15) is 21.7 Å². The zero-order valence-corrected chi connectivity index (χ0v) is 20.1. The molecule has 0 atom stereocenters. The van der Waals surface area contributed by atoms with Gasteiger partial charge in [-0.05, 0) is 90.6 Å². The van der Waals surface area contributed by atoms with Crippen molar-refractivity contribution in [1.29, 1.82) is 0 Å². The molecule has 172 valence electrons. The van der Waals surface area contributed by atoms with Crippen LogP contribution in [-0.2, 0) is 9.59 Å². The van der Waals surface area contributed by atoms with Gasteiger partial charge in [0.1, 0.15) is 11.2 Å². The number of fused-ring (bicyclic) bond motifs is 1. The zero-order chi connectivity index (χ0) is 24.7. The van der Waals surface area contributed by atoms with E-state index in [1.165, 1.54) is 11.0 Å². The summed E-state index contributed by atoms with van der Waals surface area (Å²) in [5, 5.41) is 4.20. The van der Waals surface area contributed by atoms with Crippen LogP contribution in [0.15, 0.2) is 82.8 Å². The van der Waals surface area contributed by atoms with E-state index in [0.29, 0.717) is 37.8 Å². The quantitative estimate of drug-likeness (QED) is 0.159. The highest BCUT2D eigenvalue weighted by molar-refractivity contribution is 7.80. The Hall–Kier alpha value is -3.78. The molecule has 0 spiro atoms. The lowest BCUT2D eigenvalue weighted by atomic mass is 10.1. The molecule has 0 bridgehead atoms. The first kappa shape index (κ1) is 23.0. The fourth-order valence-electron chi connectivity index (χ4n) is 3.66. The summed E-state index contributed by atoms with van der Waals surface area (Å²) < 4.78 is 5.71. The number of amides is 2. The number of anilines is 1. The van der Waals surface area contributed by atoms with Crippen LogP contribution < -0.4 is 10.2 Å². The van der Waals surface area contributed by atoms with E-state index >= 15 is 0 Å². The van der Waals surface area contributed by atoms with Crippen LogP contribution in [-0.4, -0.2) is 22.7 Å². The largest absolute Gasteiger partial charge is 0.453 e. The van der Waals surface area contributed by atoms with Gasteiger partial charge in [-0.2, -0.15) is 0 Å². The van der Waals surface area contributed by atoms with E-state index in [9.17, 15) is 14.4 Å². The van der Waals surface area contributed by atoms with Gasteiger partial charge in [0.25, 0.3) is 11.8 Å². The average molecular weight is 521 g/mol. The average Bonchev–Trinajstić information content (AvgIpc) is 3.26. The second-order valence-corrected chi connectivity index (χ2v) is 8.94. The van der Waals surface area contributed by atoms with E-state index in [1.54, 1.807) is 72.8 Å². The van der Waals surface area contributed by atoms with Gasteiger partial charge in [-0.25, -0.2) is 0 Å². The number of nitrogens with one attached hydrogen (secondary N) is 1. The van der Waals surface area contributed by atoms with Gasteiger partial charge in [-0.15, -0.1) is 0 Å². The van der Waals surface area contributed by atoms with Gasteiger partial charge in [-0.3, -0.25) is 24.6 Å². The fourth-order valence-corrected chi connectivity index (χ4v) is 4.19. The molecule has 1 N–H and O–H groups in total. The summed E-state index contributed by atoms with van der Waals surface area (Å²) in [6, 6.07) is 19.7. The van der Waals surface area contributed by atoms with Crippen LogP contribution in [0.2, 0.25) is 10.0 Å². The molecule has 35 heavy (non-hydrogen) atoms. The second kappa shape index (κ2) is 9.11. The minimum atomic E-state index is -0.601. The van der Waals surface area contributed by atoms with E-state index in [1.807, 2.05) is 0 Å². The van der Waals surface area contributed by atoms with Crippen molar-refractivity contribution in [3.63, 3.8) is 0 Å². The Bertz CT molecular complexity index is 1560. The smallest absolute Gasteiger partial charge is 0.270 e. The molecule has 4 aromatic rings. The summed E-state index contributed by atoms with van der Waals surface area (Å²) in [4.78, 5) is 39.8. The summed E-state index contributed by atoms with van der Waals surface area (Å²) >= 11 is 17.0. The van der Waals surface area contributed by atoms with Gasteiger partial charge >= 0.3 is 0 Å². The zero-order valence-electron chi connectivity index (χ0n) is 17.7. The van der Waals surface area contributed by atoms with Crippen LogP contribution in [0.25, 0.3) is 17.0 Å². The monoisotopic (exact) mass is 520 g/mol. The topological polar surface area (TPSA) is 79.6 Å². The molecule has 0 unspecified atom stereocenters. The van der Waals surface area contributed by atoms with Crippen molar-refractivity contribution in [2.45, 2.75) is 0 Å². The molecule has 2 amide bonds. The van der Waals surface area contributed by atoms with Gasteiger partial charge in [-0.1, -0.05) is 29.3 Å². The molecule has 1 saturated heterocycles. The Morgan fingerprint density at radius 3 is 2.26 bits per heavy atom. The second-order valence-electron chi connectivity index (χ2n) is 7.68. The van der Waals surface area contributed by atoms with Gasteiger partial charge in [0.05, 0.1) is 5.69 Å². The van der Waals surface area contributed by atoms with Crippen LogP contribution >= 0.6 is 35.4 Å². The molecular formula is C26H14Cl2N2O4S. The molecule has 1 aromatic heterocycles. The molecule has 0 aliphatic carbocycles. The van der Waals surface area contributed by atoms with Crippen molar-refractivity contribution >= 4 is 80.9 Å². The van der Waals surface area contributed by atoms with Gasteiger partial charge in [0, 0.05) is 21.0 Å². The summed E-state index contributed by atoms with van der Waals surface area (Å²) in [6.45, 7) is 0. The van der Waals surface area contributed by atoms with Crippen molar-refractivity contribution in [3.05, 3.63) is 105 Å². The molecule has 3 aromatic carbocycles. The van der Waals surface area contributed by atoms with E-state index in [-0.39, 0.29) is 22.2 Å². The number of benzene rings is 3. The first-order valence-corrected chi connectivity index (χ1v) is 11.5. The number of halogens is 2. The number of rotatable bonds is 4. The predicted octanol–water partition coefficient (Wildman–Crippen LogP) is 5.80. The van der Waals surface area contributed by atoms with Crippen molar-refractivity contribution in [2.24, 2.45) is 0 Å². The van der Waals surface area contributed by atoms with Crippen LogP contribution in [0, 0.1) is 0 Å². The lowest BCUT2D eigenvalue weighted by Gasteiger charge is -2.28. The molecule has 6 nitrogen and oxygen atoms in total. The van der Waals surface area contributed by atoms with Crippen LogP contribution in [0.4, 0.5) is 5.69 Å². The summed E-state index contributed by atoms with van der Waals surface area (Å²) in [6.07, 6.45) is 1.47. The molecule has 0 saturated carbocycles. The van der Waals surface area contributed by atoms with E-state index in [2.05, 4.69) is 5.32 Å². The Kier molecular flexibility index (Phi) is 5.98. The Labute approximate surface area is 214 Å². The first-order valence-electron chi connectivity index (χ1n) is 10.3. The third-order valence-corrected chi connectivity index (χ3v) is 6.16. The molecule has 1 aliphatic rings. The van der Waals surface area contributed by atoms with Gasteiger partial charge in [0.15, 0.2) is 10.9 Å². The van der Waals surface area contributed by atoms with Crippen LogP contribution in [0.3, 0.4) is 0 Å². The number of thiocarbonyl (C=S) groups is 1. The first-order chi connectivity index (χ1) is 16.8. The summed E-state index contributed by atoms with van der Waals surface area (Å²) in [5.41, 5.74) is 1.90. The standard InChI is InChI=1S/C26H14Cl2N2O4S/c27-17-4-2-15(3-5-17)23(31)22-13-16-11-14(1-10-21(16)34-22)12-20-24(32)29-26(35)30(25(20)33)19-8-6-18(28)7-9-19/h1-13H,(H,29,32,35)/b20-12+. The Morgan fingerprint density at radius 1 is 0.914 bits per heavy atom. The Balaban J connectivity index is 1.47. The highest BCUT2D eigenvalue weighted by atomic mass is 35.5. The highest BCUT2D eigenvalue weighted by Gasteiger charge is 2.34. The Morgan fingerprint density at radius 2 is 1.57 bits per heavy atom. The molecule has 9 heteroatoms. The molecule has 1 fully saturated rings. The SMILES string of the molecule is O=C1NC(=S)N(c2ccc(Cl)cc2)C(=O)/C1=C/c1ccc2oc(C(=O)c3ccc(Cl)cc3)cc2c1. The maximum absolute atomic E-state index is 13.2. The van der Waals surface area contributed by atoms with Gasteiger partial charge in [0.2, 0.25) is 5.78 Å². The maximum Gasteiger partial charge on any atom is 0.270 e. The van der Waals surface area contributed by atoms with Crippen molar-refractivity contribution in [2.75, 3.05) is 4.90 Å². The predicted molar refractivity (Wildman–Crippen MR) is 139 cm³/mol. The number of carbonyl (C=O) groups is 3. The summed E-state index contributed by atoms with van der Waals surface area (Å²) in [7, 11) is 0. The van der Waals surface area contributed by atoms with E-state index in [0.717, 1.165) is 0 Å². The third kappa shape index (κ3) is 4.49. The van der Waals surface area contributed by atoms with E-state index < -0.39 is 11.8 Å². The lowest BCUT2D eigenvalue weighted by Crippen LogP contribution is -2.54. The number of ketones is 1. The van der Waals surface area contributed by atoms with Crippen LogP contribution in [0.5, 0.6) is 0 Å². The number of nitrogens with zero attached hydrogens (tertiary/aromatic N) is 1. The number of furan rings is 1. The third-order valence-electron chi connectivity index (χ3n) is 5.37. The van der Waals surface area contributed by atoms with Gasteiger partial charge < -0.3 is 4.42 Å². The van der Waals surface area contributed by atoms with Crippen molar-refractivity contribution in [3.8, 4) is 0 Å². The maximum atomic E-state index is 13.2. The summed E-state index contributed by atoms with van der Waals surface area (Å²) in [5.74, 6) is -1.28. The number of carbonyl (C=O) groups excluding carboxylic acids is 3. The minimum Gasteiger partial charge on any atom is -0.453 e. The molecule has 5 rings (SSSR count).